The Balaban J connectivity index is 0.000000435. The summed E-state index contributed by atoms with van der Waals surface area (Å²) in [7, 11) is 1.99. The molecule has 0 unspecified atom stereocenters. The van der Waals surface area contributed by atoms with Crippen LogP contribution in [0.1, 0.15) is 34.1 Å². The maximum absolute atomic E-state index is 6.19. The van der Waals surface area contributed by atoms with Crippen molar-refractivity contribution in [2.75, 3.05) is 25.5 Å². The van der Waals surface area contributed by atoms with Crippen molar-refractivity contribution in [2.45, 2.75) is 34.1 Å². The molecule has 0 amide bonds. The number of nitrogens with one attached hydrogen (secondary N) is 1. The van der Waals surface area contributed by atoms with Crippen molar-refractivity contribution in [1.82, 2.24) is 13.6 Å². The van der Waals surface area contributed by atoms with E-state index in [9.17, 15) is 0 Å². The van der Waals surface area contributed by atoms with Crippen molar-refractivity contribution >= 4 is 46.0 Å². The van der Waals surface area contributed by atoms with Crippen LogP contribution in [0.5, 0.6) is 0 Å². The molecule has 7 heteroatoms. The Labute approximate surface area is 141 Å². The Morgan fingerprint density at radius 3 is 2.55 bits per heavy atom. The number of likely N-dealkylation sites (N-methyl/N-ethyl adjacent to an activating group) is 1. The van der Waals surface area contributed by atoms with Gasteiger partial charge in [0.1, 0.15) is 11.0 Å². The van der Waals surface area contributed by atoms with E-state index >= 15 is 0 Å². The van der Waals surface area contributed by atoms with Gasteiger partial charge in [-0.15, -0.1) is 0 Å². The molecular weight excluding hydrogens is 318 g/mol. The average molecular weight is 342 g/mol. The van der Waals surface area contributed by atoms with Crippen LogP contribution in [-0.4, -0.2) is 39.7 Å². The van der Waals surface area contributed by atoms with E-state index in [1.807, 2.05) is 33.0 Å². The molecule has 1 aromatic carbocycles. The molecule has 122 valence electrons. The third-order valence-corrected chi connectivity index (χ3v) is 3.53. The fourth-order valence-corrected chi connectivity index (χ4v) is 2.47. The van der Waals surface area contributed by atoms with Gasteiger partial charge in [0.05, 0.1) is 29.0 Å². The molecule has 0 bridgehead atoms. The summed E-state index contributed by atoms with van der Waals surface area (Å²) < 4.78 is 8.45. The van der Waals surface area contributed by atoms with Gasteiger partial charge >= 0.3 is 0 Å². The zero-order valence-corrected chi connectivity index (χ0v) is 15.4. The first-order valence-corrected chi connectivity index (χ1v) is 8.71. The van der Waals surface area contributed by atoms with Gasteiger partial charge in [-0.2, -0.15) is 8.75 Å². The van der Waals surface area contributed by atoms with Crippen molar-refractivity contribution in [3.05, 3.63) is 17.2 Å². The second-order valence-corrected chi connectivity index (χ2v) is 5.45. The Kier molecular flexibility index (Phi) is 8.12. The predicted molar refractivity (Wildman–Crippen MR) is 98.3 cm³/mol. The number of fused-ring (bicyclic) bond motifs is 1. The van der Waals surface area contributed by atoms with Crippen molar-refractivity contribution in [3.8, 4) is 0 Å². The van der Waals surface area contributed by atoms with Crippen LogP contribution >= 0.6 is 23.3 Å². The number of anilines is 1. The number of halogens is 1. The summed E-state index contributed by atoms with van der Waals surface area (Å²) in [6.45, 7) is 9.98. The number of aliphatic imine (C=N–C) groups is 1. The first kappa shape index (κ1) is 18.6. The summed E-state index contributed by atoms with van der Waals surface area (Å²) in [5, 5.41) is 3.87. The third kappa shape index (κ3) is 4.55. The lowest BCUT2D eigenvalue weighted by Gasteiger charge is -2.16. The minimum Gasteiger partial charge on any atom is -0.344 e. The van der Waals surface area contributed by atoms with Gasteiger partial charge in [-0.05, 0) is 12.1 Å². The number of nitrogens with zero attached hydrogens (tertiary/aromatic N) is 4. The normalized spacial score (nSPS) is 13.0. The highest BCUT2D eigenvalue weighted by molar-refractivity contribution is 7.00. The smallest absolute Gasteiger partial charge is 0.198 e. The van der Waals surface area contributed by atoms with Crippen molar-refractivity contribution < 1.29 is 0 Å². The quantitative estimate of drug-likeness (QED) is 0.829. The molecule has 1 aromatic heterocycles. The zero-order valence-electron chi connectivity index (χ0n) is 13.9. The number of benzene rings is 1. The van der Waals surface area contributed by atoms with Crippen LogP contribution in [0.15, 0.2) is 17.1 Å². The van der Waals surface area contributed by atoms with Gasteiger partial charge in [0.25, 0.3) is 0 Å². The van der Waals surface area contributed by atoms with Gasteiger partial charge in [0.15, 0.2) is 5.96 Å². The topological polar surface area (TPSA) is 53.4 Å². The maximum Gasteiger partial charge on any atom is 0.198 e. The third-order valence-electron chi connectivity index (χ3n) is 2.67. The summed E-state index contributed by atoms with van der Waals surface area (Å²) >= 11 is 7.37. The first-order chi connectivity index (χ1) is 10.7. The number of hydrogen-bond donors (Lipinski definition) is 1. The van der Waals surface area contributed by atoms with Crippen molar-refractivity contribution in [2.24, 2.45) is 4.99 Å². The molecule has 0 saturated carbocycles. The molecule has 0 spiro atoms. The minimum absolute atomic E-state index is 0.633. The molecule has 0 radical (unpaired) electrons. The Morgan fingerprint density at radius 2 is 1.95 bits per heavy atom. The van der Waals surface area contributed by atoms with E-state index in [2.05, 4.69) is 37.8 Å². The summed E-state index contributed by atoms with van der Waals surface area (Å²) in [5.41, 5.74) is 2.43. The summed E-state index contributed by atoms with van der Waals surface area (Å²) in [4.78, 5) is 6.42. The SMILES string of the molecule is CC.CCC.CN1CCN=C1Nc1c(Cl)ccc2nsnc12. The molecule has 22 heavy (non-hydrogen) atoms. The highest BCUT2D eigenvalue weighted by Gasteiger charge is 2.16. The largest absolute Gasteiger partial charge is 0.344 e. The Bertz CT molecular complexity index is 611. The molecule has 5 nitrogen and oxygen atoms in total. The molecule has 2 heterocycles. The van der Waals surface area contributed by atoms with Gasteiger partial charge in [0.2, 0.25) is 0 Å². The fraction of sp³-hybridized carbons (Fsp3) is 0.533. The second-order valence-electron chi connectivity index (χ2n) is 4.51. The van der Waals surface area contributed by atoms with Crippen LogP contribution in [-0.2, 0) is 0 Å². The van der Waals surface area contributed by atoms with E-state index in [-0.39, 0.29) is 0 Å². The predicted octanol–water partition coefficient (Wildman–Crippen LogP) is 4.50. The van der Waals surface area contributed by atoms with Crippen molar-refractivity contribution in [1.29, 1.82) is 0 Å². The maximum atomic E-state index is 6.19. The summed E-state index contributed by atoms with van der Waals surface area (Å²) in [6, 6.07) is 3.69. The number of hydrogen-bond acceptors (Lipinski definition) is 6. The van der Waals surface area contributed by atoms with E-state index < -0.39 is 0 Å². The zero-order chi connectivity index (χ0) is 16.5. The Morgan fingerprint density at radius 1 is 1.27 bits per heavy atom. The molecule has 0 fully saturated rings. The summed E-state index contributed by atoms with van der Waals surface area (Å²) in [5.74, 6) is 0.826. The lowest BCUT2D eigenvalue weighted by Crippen LogP contribution is -2.29. The van der Waals surface area contributed by atoms with Crippen LogP contribution < -0.4 is 5.32 Å². The first-order valence-electron chi connectivity index (χ1n) is 7.60. The number of guanidine groups is 1. The van der Waals surface area contributed by atoms with Crippen LogP contribution in [0.2, 0.25) is 5.02 Å². The van der Waals surface area contributed by atoms with Gasteiger partial charge in [0, 0.05) is 13.6 Å². The van der Waals surface area contributed by atoms with E-state index in [4.69, 9.17) is 11.6 Å². The molecule has 0 aliphatic carbocycles. The van der Waals surface area contributed by atoms with Crippen LogP contribution in [0.3, 0.4) is 0 Å². The van der Waals surface area contributed by atoms with Crippen LogP contribution in [0.25, 0.3) is 11.0 Å². The molecule has 1 aliphatic heterocycles. The summed E-state index contributed by atoms with van der Waals surface area (Å²) in [6.07, 6.45) is 1.25. The van der Waals surface area contributed by atoms with Gasteiger partial charge < -0.3 is 10.2 Å². The standard InChI is InChI=1S/C10H10ClN5S.C3H8.C2H6/c1-16-5-4-12-10(16)13-8-6(11)2-3-7-9(8)15-17-14-7;1-3-2;1-2/h2-3H,4-5H2,1H3,(H,12,13);3H2,1-2H3;1-2H3. The van der Waals surface area contributed by atoms with Gasteiger partial charge in [-0.25, -0.2) is 0 Å². The average Bonchev–Trinajstić information content (AvgIpc) is 3.14. The monoisotopic (exact) mass is 341 g/mol. The molecule has 0 atom stereocenters. The lowest BCUT2D eigenvalue weighted by molar-refractivity contribution is 0.555. The molecule has 3 rings (SSSR count). The second kappa shape index (κ2) is 9.58. The van der Waals surface area contributed by atoms with Gasteiger partial charge in [-0.3, -0.25) is 4.99 Å². The molecular formula is C15H24ClN5S. The van der Waals surface area contributed by atoms with E-state index in [0.29, 0.717) is 5.02 Å². The van der Waals surface area contributed by atoms with E-state index in [1.54, 1.807) is 0 Å². The number of aromatic nitrogens is 2. The highest BCUT2D eigenvalue weighted by atomic mass is 35.5. The lowest BCUT2D eigenvalue weighted by atomic mass is 10.2. The highest BCUT2D eigenvalue weighted by Crippen LogP contribution is 2.30. The van der Waals surface area contributed by atoms with Crippen molar-refractivity contribution in [3.63, 3.8) is 0 Å². The van der Waals surface area contributed by atoms with E-state index in [0.717, 1.165) is 35.8 Å². The van der Waals surface area contributed by atoms with Crippen LogP contribution in [0, 0.1) is 0 Å². The number of rotatable bonds is 1. The van der Waals surface area contributed by atoms with Gasteiger partial charge in [-0.1, -0.05) is 45.7 Å². The van der Waals surface area contributed by atoms with E-state index in [1.165, 1.54) is 18.1 Å². The fourth-order valence-electron chi connectivity index (χ4n) is 1.73. The Hall–Kier alpha value is -1.40. The molecule has 1 aliphatic rings. The molecule has 2 aromatic rings. The molecule has 0 saturated heterocycles. The minimum atomic E-state index is 0.633. The van der Waals surface area contributed by atoms with Crippen LogP contribution in [0.4, 0.5) is 5.69 Å². The molecule has 1 N–H and O–H groups in total.